The average molecular weight is 379 g/mol. The first-order chi connectivity index (χ1) is 11.8. The van der Waals surface area contributed by atoms with Crippen molar-refractivity contribution in [3.05, 3.63) is 58.1 Å². The first-order valence-electron chi connectivity index (χ1n) is 7.96. The normalized spacial score (nSPS) is 16.0. The maximum Gasteiger partial charge on any atom is 0.255 e. The zero-order valence-electron chi connectivity index (χ0n) is 14.0. The smallest absolute Gasteiger partial charge is 0.255 e. The summed E-state index contributed by atoms with van der Waals surface area (Å²) in [6, 6.07) is 10.3. The fourth-order valence-corrected chi connectivity index (χ4v) is 4.55. The molecular formula is C18H19ClN2O3S. The van der Waals surface area contributed by atoms with Crippen LogP contribution in [0.4, 0.5) is 11.4 Å². The number of rotatable bonds is 3. The first kappa shape index (κ1) is 17.8. The molecule has 1 fully saturated rings. The van der Waals surface area contributed by atoms with Crippen molar-refractivity contribution in [1.29, 1.82) is 0 Å². The van der Waals surface area contributed by atoms with Crippen LogP contribution in [0.1, 0.15) is 27.9 Å². The molecule has 0 spiro atoms. The first-order valence-corrected chi connectivity index (χ1v) is 9.95. The Morgan fingerprint density at radius 3 is 2.48 bits per heavy atom. The van der Waals surface area contributed by atoms with Crippen molar-refractivity contribution in [3.63, 3.8) is 0 Å². The second-order valence-electron chi connectivity index (χ2n) is 6.16. The van der Waals surface area contributed by atoms with Crippen LogP contribution < -0.4 is 9.62 Å². The predicted molar refractivity (Wildman–Crippen MR) is 101 cm³/mol. The molecular weight excluding hydrogens is 360 g/mol. The summed E-state index contributed by atoms with van der Waals surface area (Å²) in [6.07, 6.45) is 0.602. The molecule has 2 aromatic rings. The molecule has 2 aromatic carbocycles. The van der Waals surface area contributed by atoms with Gasteiger partial charge in [-0.25, -0.2) is 8.42 Å². The van der Waals surface area contributed by atoms with E-state index in [-0.39, 0.29) is 11.7 Å². The molecule has 1 aliphatic rings. The van der Waals surface area contributed by atoms with Crippen LogP contribution in [0.2, 0.25) is 5.02 Å². The number of hydrogen-bond acceptors (Lipinski definition) is 3. The Bertz CT molecular complexity index is 941. The highest BCUT2D eigenvalue weighted by Crippen LogP contribution is 2.31. The van der Waals surface area contributed by atoms with E-state index in [0.717, 1.165) is 11.1 Å². The number of carbonyl (C=O) groups is 1. The molecule has 0 aliphatic carbocycles. The number of anilines is 2. The van der Waals surface area contributed by atoms with Crippen LogP contribution in [-0.2, 0) is 10.0 Å². The van der Waals surface area contributed by atoms with Gasteiger partial charge in [-0.3, -0.25) is 9.10 Å². The minimum Gasteiger partial charge on any atom is -0.321 e. The van der Waals surface area contributed by atoms with Crippen LogP contribution in [-0.4, -0.2) is 26.6 Å². The molecule has 1 N–H and O–H groups in total. The fourth-order valence-electron chi connectivity index (χ4n) is 2.77. The lowest BCUT2D eigenvalue weighted by atomic mass is 10.1. The van der Waals surface area contributed by atoms with Gasteiger partial charge >= 0.3 is 0 Å². The molecule has 1 saturated heterocycles. The molecule has 1 heterocycles. The quantitative estimate of drug-likeness (QED) is 0.884. The van der Waals surface area contributed by atoms with Gasteiger partial charge in [0.15, 0.2) is 0 Å². The molecule has 5 nitrogen and oxygen atoms in total. The van der Waals surface area contributed by atoms with E-state index in [2.05, 4.69) is 5.32 Å². The second kappa shape index (κ2) is 6.69. The zero-order valence-corrected chi connectivity index (χ0v) is 15.6. The summed E-state index contributed by atoms with van der Waals surface area (Å²) < 4.78 is 25.3. The van der Waals surface area contributed by atoms with E-state index < -0.39 is 10.0 Å². The van der Waals surface area contributed by atoms with E-state index in [1.54, 1.807) is 24.3 Å². The van der Waals surface area contributed by atoms with Crippen LogP contribution in [0.15, 0.2) is 36.4 Å². The number of aryl methyl sites for hydroxylation is 2. The molecule has 0 atom stereocenters. The van der Waals surface area contributed by atoms with Crippen molar-refractivity contribution in [1.82, 2.24) is 0 Å². The molecule has 3 rings (SSSR count). The summed E-state index contributed by atoms with van der Waals surface area (Å²) in [7, 11) is -3.26. The molecule has 1 aliphatic heterocycles. The van der Waals surface area contributed by atoms with Crippen molar-refractivity contribution >= 4 is 38.9 Å². The monoisotopic (exact) mass is 378 g/mol. The third-order valence-electron chi connectivity index (χ3n) is 4.36. The van der Waals surface area contributed by atoms with Crippen molar-refractivity contribution in [2.45, 2.75) is 20.3 Å². The molecule has 0 bridgehead atoms. The van der Waals surface area contributed by atoms with Crippen LogP contribution in [0.5, 0.6) is 0 Å². The van der Waals surface area contributed by atoms with Gasteiger partial charge in [-0.1, -0.05) is 17.7 Å². The molecule has 25 heavy (non-hydrogen) atoms. The van der Waals surface area contributed by atoms with Gasteiger partial charge in [0.1, 0.15) is 0 Å². The van der Waals surface area contributed by atoms with Gasteiger partial charge in [-0.2, -0.15) is 0 Å². The number of hydrogen-bond donors (Lipinski definition) is 1. The van der Waals surface area contributed by atoms with Gasteiger partial charge in [0.2, 0.25) is 10.0 Å². The van der Waals surface area contributed by atoms with Gasteiger partial charge in [-0.05, 0) is 61.7 Å². The fraction of sp³-hybridized carbons (Fsp3) is 0.278. The topological polar surface area (TPSA) is 66.5 Å². The Labute approximate surface area is 152 Å². The number of carbonyl (C=O) groups excluding carboxylic acids is 1. The van der Waals surface area contributed by atoms with E-state index in [4.69, 9.17) is 11.6 Å². The largest absolute Gasteiger partial charge is 0.321 e. The van der Waals surface area contributed by atoms with Gasteiger partial charge in [0, 0.05) is 12.1 Å². The van der Waals surface area contributed by atoms with Crippen molar-refractivity contribution in [2.75, 3.05) is 21.9 Å². The number of amides is 1. The highest BCUT2D eigenvalue weighted by Gasteiger charge is 2.28. The Morgan fingerprint density at radius 2 is 1.88 bits per heavy atom. The minimum absolute atomic E-state index is 0.149. The molecule has 1 amide bonds. The van der Waals surface area contributed by atoms with Crippen molar-refractivity contribution < 1.29 is 13.2 Å². The summed E-state index contributed by atoms with van der Waals surface area (Å²) in [5.41, 5.74) is 3.67. The summed E-state index contributed by atoms with van der Waals surface area (Å²) in [4.78, 5) is 12.4. The molecule has 132 valence electrons. The Kier molecular flexibility index (Phi) is 4.75. The van der Waals surface area contributed by atoms with E-state index in [1.807, 2.05) is 26.0 Å². The van der Waals surface area contributed by atoms with Gasteiger partial charge < -0.3 is 5.32 Å². The standard InChI is InChI=1S/C18H19ClN2O3S/c1-12-4-5-14(10-13(12)2)18(22)20-17-7-6-15(11-16(17)19)21-8-3-9-25(21,23)24/h4-7,10-11H,3,8-9H2,1-2H3,(H,20,22). The minimum atomic E-state index is -3.26. The zero-order chi connectivity index (χ0) is 18.2. The number of sulfonamides is 1. The second-order valence-corrected chi connectivity index (χ2v) is 8.58. The average Bonchev–Trinajstić information content (AvgIpc) is 2.91. The van der Waals surface area contributed by atoms with Crippen LogP contribution in [0.3, 0.4) is 0 Å². The third kappa shape index (κ3) is 3.65. The Hall–Kier alpha value is -2.05. The highest BCUT2D eigenvalue weighted by atomic mass is 35.5. The van der Waals surface area contributed by atoms with E-state index in [9.17, 15) is 13.2 Å². The molecule has 0 radical (unpaired) electrons. The lowest BCUT2D eigenvalue weighted by Gasteiger charge is -2.18. The van der Waals surface area contributed by atoms with E-state index >= 15 is 0 Å². The Morgan fingerprint density at radius 1 is 1.12 bits per heavy atom. The van der Waals surface area contributed by atoms with Crippen molar-refractivity contribution in [2.24, 2.45) is 0 Å². The maximum atomic E-state index is 12.4. The Balaban J connectivity index is 1.81. The summed E-state index contributed by atoms with van der Waals surface area (Å²) in [5.74, 6) is -0.109. The number of nitrogens with zero attached hydrogens (tertiary/aromatic N) is 1. The highest BCUT2D eigenvalue weighted by molar-refractivity contribution is 7.93. The van der Waals surface area contributed by atoms with Crippen LogP contribution >= 0.6 is 11.6 Å². The lowest BCUT2D eigenvalue weighted by Crippen LogP contribution is -2.25. The summed E-state index contributed by atoms with van der Waals surface area (Å²) >= 11 is 6.25. The number of halogens is 1. The van der Waals surface area contributed by atoms with Crippen LogP contribution in [0, 0.1) is 13.8 Å². The molecule has 0 aromatic heterocycles. The SMILES string of the molecule is Cc1ccc(C(=O)Nc2ccc(N3CCCS3(=O)=O)cc2Cl)cc1C. The van der Waals surface area contributed by atoms with Crippen molar-refractivity contribution in [3.8, 4) is 0 Å². The molecule has 7 heteroatoms. The van der Waals surface area contributed by atoms with Gasteiger partial charge in [-0.15, -0.1) is 0 Å². The van der Waals surface area contributed by atoms with Gasteiger partial charge in [0.25, 0.3) is 5.91 Å². The molecule has 0 saturated carbocycles. The van der Waals surface area contributed by atoms with E-state index in [0.29, 0.717) is 34.9 Å². The summed E-state index contributed by atoms with van der Waals surface area (Å²) in [6.45, 7) is 4.39. The number of nitrogens with one attached hydrogen (secondary N) is 1. The predicted octanol–water partition coefficient (Wildman–Crippen LogP) is 3.75. The lowest BCUT2D eigenvalue weighted by molar-refractivity contribution is 0.102. The van der Waals surface area contributed by atoms with Gasteiger partial charge in [0.05, 0.1) is 22.2 Å². The molecule has 0 unspecified atom stereocenters. The summed E-state index contributed by atoms with van der Waals surface area (Å²) in [5, 5.41) is 3.08. The maximum absolute atomic E-state index is 12.4. The third-order valence-corrected chi connectivity index (χ3v) is 6.54. The number of benzene rings is 2. The van der Waals surface area contributed by atoms with E-state index in [1.165, 1.54) is 4.31 Å². The van der Waals surface area contributed by atoms with Crippen LogP contribution in [0.25, 0.3) is 0 Å².